The molecule has 1 saturated carbocycles. The number of aryl methyl sites for hydroxylation is 1. The third kappa shape index (κ3) is 4.74. The van der Waals surface area contributed by atoms with Gasteiger partial charge in [0.25, 0.3) is 0 Å². The molecule has 0 aliphatic heterocycles. The van der Waals surface area contributed by atoms with Crippen LogP contribution in [0.25, 0.3) is 6.08 Å². The summed E-state index contributed by atoms with van der Waals surface area (Å²) in [5.41, 5.74) is 4.59. The van der Waals surface area contributed by atoms with Gasteiger partial charge in [0.1, 0.15) is 0 Å². The predicted octanol–water partition coefficient (Wildman–Crippen LogP) is 0.426. The van der Waals surface area contributed by atoms with Gasteiger partial charge in [-0.2, -0.15) is 0 Å². The summed E-state index contributed by atoms with van der Waals surface area (Å²) in [5, 5.41) is 3.27. The van der Waals surface area contributed by atoms with E-state index in [2.05, 4.69) is 85.8 Å². The van der Waals surface area contributed by atoms with E-state index in [1.54, 1.807) is 10.9 Å². The molecule has 5 rings (SSSR count). The Balaban J connectivity index is 0.00000120. The second-order valence-electron chi connectivity index (χ2n) is 7.96. The number of allylic oxidation sites excluding steroid dienone is 5. The molecule has 1 fully saturated rings. The third-order valence-electron chi connectivity index (χ3n) is 6.31. The number of rotatable bonds is 4. The zero-order valence-electron chi connectivity index (χ0n) is 16.5. The zero-order chi connectivity index (χ0) is 18.2. The molecular formula is C25H25Cl2HfP. The third-order valence-corrected chi connectivity index (χ3v) is 16.3. The quantitative estimate of drug-likeness (QED) is 0.351. The summed E-state index contributed by atoms with van der Waals surface area (Å²) < 4.78 is 1.81. The van der Waals surface area contributed by atoms with Gasteiger partial charge in [-0.1, -0.05) is 0 Å². The molecule has 0 spiro atoms. The molecule has 0 amide bonds. The maximum atomic E-state index is 2.54. The summed E-state index contributed by atoms with van der Waals surface area (Å²) in [6.45, 7) is 2.27. The molecule has 0 radical (unpaired) electrons. The average Bonchev–Trinajstić information content (AvgIpc) is 3.26. The second kappa shape index (κ2) is 10.2. The zero-order valence-corrected chi connectivity index (χ0v) is 22.6. The van der Waals surface area contributed by atoms with E-state index < -0.39 is 22.9 Å². The van der Waals surface area contributed by atoms with Gasteiger partial charge < -0.3 is 24.8 Å². The largest absolute Gasteiger partial charge is 1.00 e. The molecule has 148 valence electrons. The Kier molecular flexibility index (Phi) is 8.19. The van der Waals surface area contributed by atoms with Gasteiger partial charge in [-0.05, 0) is 0 Å². The van der Waals surface area contributed by atoms with Crippen molar-refractivity contribution in [3.63, 3.8) is 0 Å². The van der Waals surface area contributed by atoms with E-state index in [-0.39, 0.29) is 24.8 Å². The van der Waals surface area contributed by atoms with Gasteiger partial charge in [-0.15, -0.1) is 0 Å². The van der Waals surface area contributed by atoms with Crippen LogP contribution in [0.2, 0.25) is 3.67 Å². The maximum absolute atomic E-state index is 2.54. The van der Waals surface area contributed by atoms with Crippen molar-refractivity contribution in [1.82, 2.24) is 0 Å². The summed E-state index contributed by atoms with van der Waals surface area (Å²) in [5.74, 6) is 1.67. The monoisotopic (exact) mass is 606 g/mol. The number of halogens is 2. The van der Waals surface area contributed by atoms with Crippen molar-refractivity contribution in [2.24, 2.45) is 11.8 Å². The van der Waals surface area contributed by atoms with Crippen LogP contribution in [0.5, 0.6) is 0 Å². The summed E-state index contributed by atoms with van der Waals surface area (Å²) >= 11 is -0.848. The fourth-order valence-electron chi connectivity index (χ4n) is 4.84. The summed E-state index contributed by atoms with van der Waals surface area (Å²) in [7, 11) is 0.835. The van der Waals surface area contributed by atoms with Crippen molar-refractivity contribution in [3.05, 3.63) is 94.8 Å². The second-order valence-corrected chi connectivity index (χ2v) is 15.3. The molecule has 3 aliphatic carbocycles. The smallest absolute Gasteiger partial charge is 1.00 e. The van der Waals surface area contributed by atoms with Crippen LogP contribution < -0.4 is 30.1 Å². The topological polar surface area (TPSA) is 0 Å². The normalized spacial score (nSPS) is 26.3. The van der Waals surface area contributed by atoms with Crippen LogP contribution in [-0.2, 0) is 22.9 Å². The van der Waals surface area contributed by atoms with Gasteiger partial charge in [0.15, 0.2) is 0 Å². The Labute approximate surface area is 200 Å². The van der Waals surface area contributed by atoms with E-state index in [1.165, 1.54) is 29.3 Å². The van der Waals surface area contributed by atoms with E-state index in [0.717, 1.165) is 27.8 Å². The van der Waals surface area contributed by atoms with E-state index in [0.29, 0.717) is 0 Å². The minimum atomic E-state index is -0.848. The molecule has 0 bridgehead atoms. The molecular weight excluding hydrogens is 581 g/mol. The maximum Gasteiger partial charge on any atom is -1.00 e. The average molecular weight is 606 g/mol. The molecule has 0 nitrogen and oxygen atoms in total. The van der Waals surface area contributed by atoms with E-state index in [9.17, 15) is 0 Å². The molecule has 29 heavy (non-hydrogen) atoms. The first kappa shape index (κ1) is 23.2. The standard InChI is InChI=1S/C16H14P.C9H11.2ClH.Hf/c1-12-6-2-5-9-16(12)17-15-10-13-7-3-4-8-14(13)11-15;1-2-5-9-7-3-6-8(9)4-1;;;/h2-11,17H,1H3;1-2,4-6,8-9H,3,7H2;2*1H;/q;;;;+2/p-2. The summed E-state index contributed by atoms with van der Waals surface area (Å²) in [6.07, 6.45) is 15.0. The van der Waals surface area contributed by atoms with Gasteiger partial charge in [-0.25, -0.2) is 0 Å². The molecule has 5 atom stereocenters. The molecule has 0 aromatic heterocycles. The Morgan fingerprint density at radius 3 is 2.52 bits per heavy atom. The van der Waals surface area contributed by atoms with Gasteiger partial charge in [0.2, 0.25) is 0 Å². The van der Waals surface area contributed by atoms with Crippen molar-refractivity contribution >= 4 is 20.0 Å². The summed E-state index contributed by atoms with van der Waals surface area (Å²) in [4.78, 5) is 0. The van der Waals surface area contributed by atoms with Crippen molar-refractivity contribution in [1.29, 1.82) is 0 Å². The number of fused-ring (bicyclic) bond motifs is 2. The molecule has 2 aromatic rings. The first-order valence-corrected chi connectivity index (χ1v) is 15.2. The van der Waals surface area contributed by atoms with Crippen LogP contribution in [0.1, 0.15) is 33.2 Å². The molecule has 5 unspecified atom stereocenters. The molecule has 3 aliphatic rings. The molecule has 2 aromatic carbocycles. The molecule has 4 heteroatoms. The molecule has 0 N–H and O–H groups in total. The summed E-state index contributed by atoms with van der Waals surface area (Å²) in [6, 6.07) is 18.2. The Bertz CT molecular complexity index is 949. The van der Waals surface area contributed by atoms with Crippen molar-refractivity contribution < 1.29 is 47.7 Å². The Hall–Kier alpha value is -0.460. The van der Waals surface area contributed by atoms with Gasteiger partial charge in [0, 0.05) is 0 Å². The minimum absolute atomic E-state index is 0. The van der Waals surface area contributed by atoms with Crippen LogP contribution in [0, 0.1) is 18.8 Å². The SMILES string of the molecule is Cc1ccccc1PC1=Cc2ccccc2[CH]1[Hf+2][CH]1CCC2C=CC=CC21.[Cl-].[Cl-]. The van der Waals surface area contributed by atoms with E-state index in [4.69, 9.17) is 0 Å². The number of hydrogen-bond donors (Lipinski definition) is 0. The van der Waals surface area contributed by atoms with Crippen LogP contribution in [0.15, 0.2) is 78.1 Å². The van der Waals surface area contributed by atoms with Crippen molar-refractivity contribution in [3.8, 4) is 0 Å². The minimum Gasteiger partial charge on any atom is -1.00 e. The van der Waals surface area contributed by atoms with Crippen LogP contribution >= 0.6 is 8.58 Å². The van der Waals surface area contributed by atoms with Gasteiger partial charge in [0.05, 0.1) is 0 Å². The number of hydrogen-bond acceptors (Lipinski definition) is 0. The van der Waals surface area contributed by atoms with Crippen LogP contribution in [0.3, 0.4) is 0 Å². The molecule has 0 heterocycles. The Morgan fingerprint density at radius 2 is 1.66 bits per heavy atom. The predicted molar refractivity (Wildman–Crippen MR) is 115 cm³/mol. The van der Waals surface area contributed by atoms with Gasteiger partial charge >= 0.3 is 177 Å². The first-order chi connectivity index (χ1) is 13.3. The molecule has 0 saturated heterocycles. The fourth-order valence-corrected chi connectivity index (χ4v) is 15.0. The van der Waals surface area contributed by atoms with Crippen molar-refractivity contribution in [2.75, 3.05) is 0 Å². The Morgan fingerprint density at radius 1 is 0.897 bits per heavy atom. The number of benzene rings is 2. The van der Waals surface area contributed by atoms with Crippen LogP contribution in [-0.4, -0.2) is 0 Å². The fraction of sp³-hybridized carbons (Fsp3) is 0.280. The van der Waals surface area contributed by atoms with E-state index in [1.807, 2.05) is 0 Å². The van der Waals surface area contributed by atoms with Crippen molar-refractivity contribution in [2.45, 2.75) is 27.1 Å². The van der Waals surface area contributed by atoms with Gasteiger partial charge in [-0.3, -0.25) is 0 Å². The van der Waals surface area contributed by atoms with Crippen LogP contribution in [0.4, 0.5) is 0 Å². The van der Waals surface area contributed by atoms with E-state index >= 15 is 0 Å². The first-order valence-electron chi connectivity index (χ1n) is 10.0.